The van der Waals surface area contributed by atoms with Gasteiger partial charge in [0.05, 0.1) is 0 Å². The minimum atomic E-state index is 0.552. The molecule has 0 aliphatic rings. The third-order valence-corrected chi connectivity index (χ3v) is 2.83. The Balaban J connectivity index is 2.75. The summed E-state index contributed by atoms with van der Waals surface area (Å²) in [5.41, 5.74) is 0.922. The van der Waals surface area contributed by atoms with E-state index in [1.807, 2.05) is 21.0 Å². The zero-order valence-electron chi connectivity index (χ0n) is 11.0. The van der Waals surface area contributed by atoms with Crippen LogP contribution in [0, 0.1) is 6.92 Å². The van der Waals surface area contributed by atoms with Crippen LogP contribution in [0.1, 0.15) is 24.7 Å². The van der Waals surface area contributed by atoms with Crippen LogP contribution in [0.15, 0.2) is 0 Å². The van der Waals surface area contributed by atoms with Crippen molar-refractivity contribution in [3.63, 3.8) is 0 Å². The van der Waals surface area contributed by atoms with Gasteiger partial charge in [0.25, 0.3) is 0 Å². The molecular weight excluding hydrogens is 236 g/mol. The smallest absolute Gasteiger partial charge is 0.137 e. The van der Waals surface area contributed by atoms with Crippen molar-refractivity contribution in [1.82, 2.24) is 14.9 Å². The maximum Gasteiger partial charge on any atom is 0.137 e. The Kier molecular flexibility index (Phi) is 5.65. The molecule has 0 amide bonds. The van der Waals surface area contributed by atoms with Gasteiger partial charge in [0, 0.05) is 25.1 Å². The van der Waals surface area contributed by atoms with Gasteiger partial charge in [0.15, 0.2) is 0 Å². The standard InChI is InChI=1S/C12H21ClN4/c1-5-6-10-15-11(13)9(2)12(16-10)14-7-8-17(3)4/h5-8H2,1-4H3,(H,14,15,16). The summed E-state index contributed by atoms with van der Waals surface area (Å²) in [6.07, 6.45) is 1.89. The van der Waals surface area contributed by atoms with Crippen molar-refractivity contribution in [3.8, 4) is 0 Å². The molecule has 0 aliphatic heterocycles. The molecule has 0 aliphatic carbocycles. The van der Waals surface area contributed by atoms with Crippen LogP contribution in [0.4, 0.5) is 5.82 Å². The highest BCUT2D eigenvalue weighted by Crippen LogP contribution is 2.20. The molecule has 0 atom stereocenters. The molecule has 0 saturated carbocycles. The van der Waals surface area contributed by atoms with Crippen LogP contribution in [0.3, 0.4) is 0 Å². The lowest BCUT2D eigenvalue weighted by Gasteiger charge is -2.13. The van der Waals surface area contributed by atoms with Gasteiger partial charge in [0.2, 0.25) is 0 Å². The Morgan fingerprint density at radius 3 is 2.59 bits per heavy atom. The van der Waals surface area contributed by atoms with Gasteiger partial charge in [-0.3, -0.25) is 0 Å². The largest absolute Gasteiger partial charge is 0.368 e. The molecule has 4 nitrogen and oxygen atoms in total. The van der Waals surface area contributed by atoms with Crippen molar-refractivity contribution < 1.29 is 0 Å². The SMILES string of the molecule is CCCc1nc(Cl)c(C)c(NCCN(C)C)n1. The minimum Gasteiger partial charge on any atom is -0.368 e. The molecule has 96 valence electrons. The van der Waals surface area contributed by atoms with E-state index in [1.165, 1.54) is 0 Å². The van der Waals surface area contributed by atoms with Gasteiger partial charge in [-0.1, -0.05) is 18.5 Å². The van der Waals surface area contributed by atoms with Crippen molar-refractivity contribution in [3.05, 3.63) is 16.5 Å². The van der Waals surface area contributed by atoms with E-state index in [0.717, 1.165) is 43.1 Å². The van der Waals surface area contributed by atoms with Crippen LogP contribution < -0.4 is 5.32 Å². The maximum absolute atomic E-state index is 6.09. The van der Waals surface area contributed by atoms with E-state index < -0.39 is 0 Å². The Bertz CT molecular complexity index is 366. The summed E-state index contributed by atoms with van der Waals surface area (Å²) in [6.45, 7) is 5.86. The molecule has 0 fully saturated rings. The van der Waals surface area contributed by atoms with Gasteiger partial charge in [0.1, 0.15) is 16.8 Å². The van der Waals surface area contributed by atoms with Crippen LogP contribution in [-0.2, 0) is 6.42 Å². The molecule has 1 rings (SSSR count). The normalized spacial score (nSPS) is 10.9. The highest BCUT2D eigenvalue weighted by atomic mass is 35.5. The zero-order chi connectivity index (χ0) is 12.8. The molecule has 1 aromatic heterocycles. The molecule has 0 bridgehead atoms. The minimum absolute atomic E-state index is 0.552. The lowest BCUT2D eigenvalue weighted by atomic mass is 10.3. The highest BCUT2D eigenvalue weighted by molar-refractivity contribution is 6.30. The maximum atomic E-state index is 6.09. The van der Waals surface area contributed by atoms with Gasteiger partial charge >= 0.3 is 0 Å². The highest BCUT2D eigenvalue weighted by Gasteiger charge is 2.08. The number of anilines is 1. The third kappa shape index (κ3) is 4.48. The van der Waals surface area contributed by atoms with E-state index in [-0.39, 0.29) is 0 Å². The number of aryl methyl sites for hydroxylation is 1. The summed E-state index contributed by atoms with van der Waals surface area (Å²) in [4.78, 5) is 10.9. The number of hydrogen-bond acceptors (Lipinski definition) is 4. The average Bonchev–Trinajstić information content (AvgIpc) is 2.24. The number of aromatic nitrogens is 2. The molecule has 0 spiro atoms. The van der Waals surface area contributed by atoms with Crippen molar-refractivity contribution in [2.75, 3.05) is 32.5 Å². The number of halogens is 1. The quantitative estimate of drug-likeness (QED) is 0.794. The molecule has 1 heterocycles. The fraction of sp³-hybridized carbons (Fsp3) is 0.667. The second-order valence-electron chi connectivity index (χ2n) is 4.38. The first-order valence-corrected chi connectivity index (χ1v) is 6.34. The van der Waals surface area contributed by atoms with Crippen LogP contribution in [0.5, 0.6) is 0 Å². The van der Waals surface area contributed by atoms with Gasteiger partial charge in [-0.2, -0.15) is 0 Å². The van der Waals surface area contributed by atoms with E-state index in [0.29, 0.717) is 5.15 Å². The second kappa shape index (κ2) is 6.77. The lowest BCUT2D eigenvalue weighted by Crippen LogP contribution is -2.21. The van der Waals surface area contributed by atoms with E-state index in [2.05, 4.69) is 27.1 Å². The first-order chi connectivity index (χ1) is 8.04. The summed E-state index contributed by atoms with van der Waals surface area (Å²) in [5.74, 6) is 1.67. The number of rotatable bonds is 6. The zero-order valence-corrected chi connectivity index (χ0v) is 11.8. The van der Waals surface area contributed by atoms with Crippen molar-refractivity contribution >= 4 is 17.4 Å². The van der Waals surface area contributed by atoms with Crippen molar-refractivity contribution in [2.24, 2.45) is 0 Å². The predicted molar refractivity (Wildman–Crippen MR) is 72.8 cm³/mol. The summed E-state index contributed by atoms with van der Waals surface area (Å²) in [5, 5.41) is 3.86. The van der Waals surface area contributed by atoms with Gasteiger partial charge in [-0.15, -0.1) is 0 Å². The first kappa shape index (κ1) is 14.2. The number of nitrogens with zero attached hydrogens (tertiary/aromatic N) is 3. The van der Waals surface area contributed by atoms with Crippen LogP contribution in [0.2, 0.25) is 5.15 Å². The molecule has 0 aromatic carbocycles. The molecule has 0 unspecified atom stereocenters. The van der Waals surface area contributed by atoms with E-state index in [1.54, 1.807) is 0 Å². The number of likely N-dealkylation sites (N-methyl/N-ethyl adjacent to an activating group) is 1. The molecule has 1 N–H and O–H groups in total. The molecule has 17 heavy (non-hydrogen) atoms. The molecular formula is C12H21ClN4. The summed E-state index contributed by atoms with van der Waals surface area (Å²) >= 11 is 6.09. The van der Waals surface area contributed by atoms with E-state index in [9.17, 15) is 0 Å². The topological polar surface area (TPSA) is 41.1 Å². The predicted octanol–water partition coefficient (Wildman–Crippen LogP) is 2.36. The van der Waals surface area contributed by atoms with Crippen LogP contribution in [-0.4, -0.2) is 42.1 Å². The van der Waals surface area contributed by atoms with Gasteiger partial charge in [-0.25, -0.2) is 9.97 Å². The summed E-state index contributed by atoms with van der Waals surface area (Å²) in [6, 6.07) is 0. The Morgan fingerprint density at radius 2 is 2.00 bits per heavy atom. The van der Waals surface area contributed by atoms with Crippen LogP contribution in [0.25, 0.3) is 0 Å². The van der Waals surface area contributed by atoms with Crippen molar-refractivity contribution in [2.45, 2.75) is 26.7 Å². The second-order valence-corrected chi connectivity index (χ2v) is 4.74. The Labute approximate surface area is 108 Å². The summed E-state index contributed by atoms with van der Waals surface area (Å²) in [7, 11) is 4.09. The summed E-state index contributed by atoms with van der Waals surface area (Å²) < 4.78 is 0. The molecule has 0 radical (unpaired) electrons. The monoisotopic (exact) mass is 256 g/mol. The first-order valence-electron chi connectivity index (χ1n) is 5.96. The van der Waals surface area contributed by atoms with E-state index >= 15 is 0 Å². The van der Waals surface area contributed by atoms with Gasteiger partial charge < -0.3 is 10.2 Å². The number of nitrogens with one attached hydrogen (secondary N) is 1. The molecule has 0 saturated heterocycles. The molecule has 5 heteroatoms. The third-order valence-electron chi connectivity index (χ3n) is 2.46. The lowest BCUT2D eigenvalue weighted by molar-refractivity contribution is 0.425. The number of hydrogen-bond donors (Lipinski definition) is 1. The van der Waals surface area contributed by atoms with Crippen molar-refractivity contribution in [1.29, 1.82) is 0 Å². The fourth-order valence-corrected chi connectivity index (χ4v) is 1.63. The molecule has 1 aromatic rings. The Morgan fingerprint density at radius 1 is 1.29 bits per heavy atom. The van der Waals surface area contributed by atoms with Gasteiger partial charge in [-0.05, 0) is 27.4 Å². The average molecular weight is 257 g/mol. The van der Waals surface area contributed by atoms with Crippen LogP contribution >= 0.6 is 11.6 Å². The van der Waals surface area contributed by atoms with E-state index in [4.69, 9.17) is 11.6 Å². The Hall–Kier alpha value is -0.870. The fourth-order valence-electron chi connectivity index (χ4n) is 1.44.